The molecule has 1 heterocycles. The third kappa shape index (κ3) is 6.89. The molecule has 0 unspecified atom stereocenters. The fourth-order valence-electron chi connectivity index (χ4n) is 6.14. The number of hydrogen-bond acceptors (Lipinski definition) is 3. The largest absolute Gasteiger partial charge is 0.405 e. The third-order valence-corrected chi connectivity index (χ3v) is 8.60. The summed E-state index contributed by atoms with van der Waals surface area (Å²) in [4.78, 5) is 0. The number of allylic oxidation sites excluding steroid dienone is 8. The molecular weight excluding hydrogens is 585 g/mol. The molecule has 0 saturated carbocycles. The van der Waals surface area contributed by atoms with Crippen molar-refractivity contribution in [2.75, 3.05) is 0 Å². The lowest BCUT2D eigenvalue weighted by molar-refractivity contribution is 1.17. The number of benzene rings is 5. The van der Waals surface area contributed by atoms with Gasteiger partial charge in [-0.1, -0.05) is 110 Å². The lowest BCUT2D eigenvalue weighted by Gasteiger charge is -2.12. The van der Waals surface area contributed by atoms with E-state index in [1.165, 1.54) is 66.6 Å². The summed E-state index contributed by atoms with van der Waals surface area (Å²) < 4.78 is 2.42. The van der Waals surface area contributed by atoms with Gasteiger partial charge in [-0.2, -0.15) is 0 Å². The molecule has 1 aromatic heterocycles. The average molecular weight is 629 g/mol. The maximum absolute atomic E-state index is 5.92. The molecule has 0 atom stereocenters. The Kier molecular flexibility index (Phi) is 10.8. The minimum Gasteiger partial charge on any atom is -0.405 e. The first kappa shape index (κ1) is 33.4. The SMILES string of the molecule is C=CN.C\C=C/C(=C\N)C(/C=C\Cc1ccc2c3ccc4cc(-c5cccc(/C(C)=C/C)c5)ccc4c3n(-c3ccccc3)c2c1)=C/N. The summed E-state index contributed by atoms with van der Waals surface area (Å²) in [6, 6.07) is 37.7. The quantitative estimate of drug-likeness (QED) is 0.147. The summed E-state index contributed by atoms with van der Waals surface area (Å²) in [7, 11) is 0. The van der Waals surface area contributed by atoms with Gasteiger partial charge in [-0.15, -0.1) is 0 Å². The molecule has 0 saturated heterocycles. The van der Waals surface area contributed by atoms with E-state index in [9.17, 15) is 0 Å². The smallest absolute Gasteiger partial charge is 0.0619 e. The maximum atomic E-state index is 5.92. The number of hydrogen-bond donors (Lipinski definition) is 3. The van der Waals surface area contributed by atoms with Crippen molar-refractivity contribution in [3.05, 3.63) is 181 Å². The lowest BCUT2D eigenvalue weighted by Crippen LogP contribution is -1.95. The number of rotatable bonds is 8. The summed E-state index contributed by atoms with van der Waals surface area (Å²) >= 11 is 0. The highest BCUT2D eigenvalue weighted by Crippen LogP contribution is 2.38. The Morgan fingerprint density at radius 3 is 2.10 bits per heavy atom. The Morgan fingerprint density at radius 1 is 0.708 bits per heavy atom. The van der Waals surface area contributed by atoms with Gasteiger partial charge in [0.05, 0.1) is 11.0 Å². The predicted octanol–water partition coefficient (Wildman–Crippen LogP) is 10.5. The Balaban J connectivity index is 0.00000145. The van der Waals surface area contributed by atoms with E-state index in [0.717, 1.165) is 23.3 Å². The van der Waals surface area contributed by atoms with Gasteiger partial charge in [0.1, 0.15) is 0 Å². The number of aromatic nitrogens is 1. The van der Waals surface area contributed by atoms with E-state index >= 15 is 0 Å². The van der Waals surface area contributed by atoms with Crippen LogP contribution in [0.5, 0.6) is 0 Å². The van der Waals surface area contributed by atoms with Gasteiger partial charge in [0.25, 0.3) is 0 Å². The standard InChI is InChI=1S/C42H39N3.C2H5N/c1-4-11-35(27-43)36(28-44)15-9-12-30-18-21-39-40-23-20-34-26-33(32-14-10-13-31(25-32)29(3)5-2)19-22-38(34)42(40)45(41(39)24-30)37-16-7-6-8-17-37;1-2-3/h4-11,13-28H,12,43-44H2,1-3H3;2H,1,3H2/b11-4-,15-9-,29-5+,35-27+,36-28+;. The van der Waals surface area contributed by atoms with Crippen molar-refractivity contribution >= 4 is 38.2 Å². The fraction of sp³-hybridized carbons (Fsp3) is 0.0909. The van der Waals surface area contributed by atoms with Crippen LogP contribution in [0.4, 0.5) is 0 Å². The van der Waals surface area contributed by atoms with Crippen LogP contribution in [0.15, 0.2) is 170 Å². The minimum atomic E-state index is 0.771. The first-order valence-electron chi connectivity index (χ1n) is 16.2. The molecule has 0 spiro atoms. The van der Waals surface area contributed by atoms with Crippen molar-refractivity contribution in [2.45, 2.75) is 27.2 Å². The van der Waals surface area contributed by atoms with Crippen LogP contribution in [-0.2, 0) is 6.42 Å². The first-order chi connectivity index (χ1) is 23.5. The van der Waals surface area contributed by atoms with Gasteiger partial charge >= 0.3 is 0 Å². The minimum absolute atomic E-state index is 0.771. The van der Waals surface area contributed by atoms with Crippen molar-refractivity contribution in [1.29, 1.82) is 0 Å². The second-order valence-corrected chi connectivity index (χ2v) is 11.6. The number of nitrogens with zero attached hydrogens (tertiary/aromatic N) is 1. The van der Waals surface area contributed by atoms with Crippen LogP contribution < -0.4 is 17.2 Å². The molecule has 0 aliphatic rings. The summed E-state index contributed by atoms with van der Waals surface area (Å²) in [5, 5.41) is 4.95. The van der Waals surface area contributed by atoms with Gasteiger partial charge in [-0.3, -0.25) is 0 Å². The molecule has 6 rings (SSSR count). The molecule has 6 aromatic rings. The van der Waals surface area contributed by atoms with E-state index in [1.54, 1.807) is 12.4 Å². The molecular formula is C44H44N4. The summed E-state index contributed by atoms with van der Waals surface area (Å²) in [6.45, 7) is 9.36. The highest BCUT2D eigenvalue weighted by molar-refractivity contribution is 6.19. The first-order valence-corrected chi connectivity index (χ1v) is 16.2. The number of nitrogens with two attached hydrogens (primary N) is 3. The maximum Gasteiger partial charge on any atom is 0.0619 e. The van der Waals surface area contributed by atoms with Gasteiger partial charge in [0, 0.05) is 34.2 Å². The molecule has 0 amide bonds. The van der Waals surface area contributed by atoms with Gasteiger partial charge in [-0.05, 0) is 108 Å². The van der Waals surface area contributed by atoms with Gasteiger partial charge in [-0.25, -0.2) is 0 Å². The Labute approximate surface area is 284 Å². The molecule has 5 aromatic carbocycles. The van der Waals surface area contributed by atoms with Crippen molar-refractivity contribution < 1.29 is 0 Å². The lowest BCUT2D eigenvalue weighted by atomic mass is 9.96. The highest BCUT2D eigenvalue weighted by Gasteiger charge is 2.16. The normalized spacial score (nSPS) is 12.7. The van der Waals surface area contributed by atoms with E-state index in [4.69, 9.17) is 11.5 Å². The molecule has 240 valence electrons. The van der Waals surface area contributed by atoms with Crippen molar-refractivity contribution in [3.63, 3.8) is 0 Å². The van der Waals surface area contributed by atoms with Crippen LogP contribution >= 0.6 is 0 Å². The molecule has 4 heteroatoms. The van der Waals surface area contributed by atoms with E-state index < -0.39 is 0 Å². The molecule has 0 radical (unpaired) electrons. The molecule has 0 bridgehead atoms. The zero-order valence-electron chi connectivity index (χ0n) is 28.0. The monoisotopic (exact) mass is 628 g/mol. The number of fused-ring (bicyclic) bond motifs is 5. The second kappa shape index (κ2) is 15.5. The van der Waals surface area contributed by atoms with Crippen LogP contribution in [0, 0.1) is 0 Å². The fourth-order valence-corrected chi connectivity index (χ4v) is 6.14. The average Bonchev–Trinajstić information content (AvgIpc) is 3.46. The molecule has 0 fully saturated rings. The van der Waals surface area contributed by atoms with Crippen LogP contribution in [0.1, 0.15) is 31.9 Å². The van der Waals surface area contributed by atoms with E-state index in [2.05, 4.69) is 146 Å². The van der Waals surface area contributed by atoms with Gasteiger partial charge in [0.15, 0.2) is 0 Å². The Hall–Kier alpha value is -6.00. The Bertz CT molecular complexity index is 2220. The van der Waals surface area contributed by atoms with E-state index in [0.29, 0.717) is 0 Å². The van der Waals surface area contributed by atoms with E-state index in [-0.39, 0.29) is 0 Å². The Morgan fingerprint density at radius 2 is 1.40 bits per heavy atom. The molecule has 48 heavy (non-hydrogen) atoms. The zero-order chi connectivity index (χ0) is 34.0. The topological polar surface area (TPSA) is 83.0 Å². The van der Waals surface area contributed by atoms with E-state index in [1.807, 2.05) is 25.2 Å². The number of para-hydroxylation sites is 1. The molecule has 0 aliphatic carbocycles. The van der Waals surface area contributed by atoms with Crippen molar-refractivity contribution in [3.8, 4) is 16.8 Å². The van der Waals surface area contributed by atoms with Crippen LogP contribution in [0.25, 0.3) is 55.0 Å². The summed E-state index contributed by atoms with van der Waals surface area (Å²) in [5.41, 5.74) is 27.9. The van der Waals surface area contributed by atoms with Crippen molar-refractivity contribution in [2.24, 2.45) is 17.2 Å². The summed E-state index contributed by atoms with van der Waals surface area (Å²) in [5.74, 6) is 0. The molecule has 4 nitrogen and oxygen atoms in total. The predicted molar refractivity (Wildman–Crippen MR) is 210 cm³/mol. The van der Waals surface area contributed by atoms with Crippen LogP contribution in [-0.4, -0.2) is 4.57 Å². The summed E-state index contributed by atoms with van der Waals surface area (Å²) in [6.07, 6.45) is 15.5. The molecule has 0 aliphatic heterocycles. The van der Waals surface area contributed by atoms with Gasteiger partial charge < -0.3 is 21.8 Å². The van der Waals surface area contributed by atoms with Gasteiger partial charge in [0.2, 0.25) is 0 Å². The van der Waals surface area contributed by atoms with Crippen LogP contribution in [0.3, 0.4) is 0 Å². The third-order valence-electron chi connectivity index (χ3n) is 8.60. The highest BCUT2D eigenvalue weighted by atomic mass is 15.0. The van der Waals surface area contributed by atoms with Crippen LogP contribution in [0.2, 0.25) is 0 Å². The van der Waals surface area contributed by atoms with Crippen molar-refractivity contribution in [1.82, 2.24) is 4.57 Å². The zero-order valence-corrected chi connectivity index (χ0v) is 28.0. The molecule has 6 N–H and O–H groups in total. The second-order valence-electron chi connectivity index (χ2n) is 11.6.